The second-order valence-corrected chi connectivity index (χ2v) is 8.00. The molecule has 1 N–H and O–H groups in total. The highest BCUT2D eigenvalue weighted by Gasteiger charge is 2.32. The zero-order chi connectivity index (χ0) is 21.8. The van der Waals surface area contributed by atoms with Crippen molar-refractivity contribution in [2.24, 2.45) is 0 Å². The van der Waals surface area contributed by atoms with E-state index in [2.05, 4.69) is 5.32 Å². The summed E-state index contributed by atoms with van der Waals surface area (Å²) in [6.07, 6.45) is 3.52. The number of hydrogen-bond acceptors (Lipinski definition) is 6. The Hall–Kier alpha value is -3.16. The highest BCUT2D eigenvalue weighted by atomic mass is 16.5. The molecule has 164 valence electrons. The van der Waals surface area contributed by atoms with Gasteiger partial charge >= 0.3 is 0 Å². The molecule has 0 radical (unpaired) electrons. The summed E-state index contributed by atoms with van der Waals surface area (Å²) in [5.41, 5.74) is 1.93. The van der Waals surface area contributed by atoms with Gasteiger partial charge in [0, 0.05) is 39.0 Å². The summed E-state index contributed by atoms with van der Waals surface area (Å²) in [6.45, 7) is 3.43. The number of piperidine rings is 1. The topological polar surface area (TPSA) is 87.7 Å². The van der Waals surface area contributed by atoms with Crippen molar-refractivity contribution in [3.8, 4) is 5.75 Å². The van der Waals surface area contributed by atoms with Crippen molar-refractivity contribution in [1.29, 1.82) is 0 Å². The molecule has 1 unspecified atom stereocenters. The fourth-order valence-corrected chi connectivity index (χ4v) is 4.30. The number of aromatic nitrogens is 2. The summed E-state index contributed by atoms with van der Waals surface area (Å²) in [4.78, 5) is 38.1. The molecule has 2 aliphatic heterocycles. The molecule has 2 aliphatic rings. The third-order valence-corrected chi connectivity index (χ3v) is 5.99. The standard InChI is InChI=1S/C23H29N5O3/c1-16(29)27-13-11-19-18(14-27)22(24-2)26-23(25-19)20-10-6-7-12-28(20)21(30)15-31-17-8-4-3-5-9-17/h3-5,8-9,20H,6-7,10-15H2,1-2H3,(H,24,25,26). The number of para-hydroxylation sites is 1. The van der Waals surface area contributed by atoms with Crippen LogP contribution >= 0.6 is 0 Å². The van der Waals surface area contributed by atoms with E-state index in [-0.39, 0.29) is 24.5 Å². The Bertz CT molecular complexity index is 932. The van der Waals surface area contributed by atoms with Crippen LogP contribution in [0.25, 0.3) is 0 Å². The average Bonchev–Trinajstić information content (AvgIpc) is 2.82. The van der Waals surface area contributed by atoms with E-state index >= 15 is 0 Å². The third-order valence-electron chi connectivity index (χ3n) is 5.99. The number of carbonyl (C=O) groups excluding carboxylic acids is 2. The Morgan fingerprint density at radius 2 is 1.97 bits per heavy atom. The van der Waals surface area contributed by atoms with Crippen LogP contribution in [0, 0.1) is 0 Å². The zero-order valence-electron chi connectivity index (χ0n) is 18.1. The number of likely N-dealkylation sites (tertiary alicyclic amines) is 1. The summed E-state index contributed by atoms with van der Waals surface area (Å²) in [5, 5.41) is 3.17. The second-order valence-electron chi connectivity index (χ2n) is 8.00. The minimum atomic E-state index is -0.163. The van der Waals surface area contributed by atoms with E-state index in [4.69, 9.17) is 14.7 Å². The smallest absolute Gasteiger partial charge is 0.261 e. The van der Waals surface area contributed by atoms with E-state index < -0.39 is 0 Å². The van der Waals surface area contributed by atoms with Gasteiger partial charge in [-0.2, -0.15) is 0 Å². The Morgan fingerprint density at radius 1 is 1.16 bits per heavy atom. The first-order chi connectivity index (χ1) is 15.1. The van der Waals surface area contributed by atoms with Gasteiger partial charge in [0.05, 0.1) is 18.3 Å². The van der Waals surface area contributed by atoms with Crippen molar-refractivity contribution in [2.75, 3.05) is 32.1 Å². The maximum Gasteiger partial charge on any atom is 0.261 e. The van der Waals surface area contributed by atoms with Gasteiger partial charge < -0.3 is 19.9 Å². The Labute approximate surface area is 182 Å². The van der Waals surface area contributed by atoms with Crippen LogP contribution in [0.5, 0.6) is 5.75 Å². The maximum atomic E-state index is 13.0. The lowest BCUT2D eigenvalue weighted by atomic mass is 10.00. The fourth-order valence-electron chi connectivity index (χ4n) is 4.30. The number of benzene rings is 1. The van der Waals surface area contributed by atoms with Crippen molar-refractivity contribution in [3.05, 3.63) is 47.4 Å². The van der Waals surface area contributed by atoms with Crippen LogP contribution in [0.1, 0.15) is 49.3 Å². The number of nitrogens with one attached hydrogen (secondary N) is 1. The number of carbonyl (C=O) groups is 2. The van der Waals surface area contributed by atoms with Crippen LogP contribution < -0.4 is 10.1 Å². The normalized spacial score (nSPS) is 18.3. The molecule has 1 aromatic carbocycles. The second kappa shape index (κ2) is 9.32. The molecule has 0 aliphatic carbocycles. The van der Waals surface area contributed by atoms with E-state index in [0.717, 1.165) is 36.3 Å². The monoisotopic (exact) mass is 423 g/mol. The van der Waals surface area contributed by atoms with Crippen LogP contribution in [0.4, 0.5) is 5.82 Å². The van der Waals surface area contributed by atoms with Crippen molar-refractivity contribution >= 4 is 17.6 Å². The van der Waals surface area contributed by atoms with Gasteiger partial charge in [-0.05, 0) is 31.4 Å². The molecule has 8 nitrogen and oxygen atoms in total. The first kappa shape index (κ1) is 21.1. The minimum absolute atomic E-state index is 0.00207. The van der Waals surface area contributed by atoms with E-state index in [1.807, 2.05) is 47.2 Å². The number of nitrogens with zero attached hydrogens (tertiary/aromatic N) is 4. The Morgan fingerprint density at radius 3 is 2.71 bits per heavy atom. The van der Waals surface area contributed by atoms with Gasteiger partial charge in [-0.1, -0.05) is 18.2 Å². The van der Waals surface area contributed by atoms with E-state index in [1.54, 1.807) is 6.92 Å². The number of fused-ring (bicyclic) bond motifs is 1. The lowest BCUT2D eigenvalue weighted by molar-refractivity contribution is -0.137. The molecular formula is C23H29N5O3. The summed E-state index contributed by atoms with van der Waals surface area (Å²) in [5.74, 6) is 2.10. The van der Waals surface area contributed by atoms with Gasteiger partial charge in [-0.15, -0.1) is 0 Å². The van der Waals surface area contributed by atoms with Gasteiger partial charge in [0.15, 0.2) is 12.4 Å². The van der Waals surface area contributed by atoms with Crippen LogP contribution in [-0.2, 0) is 22.6 Å². The molecule has 1 atom stereocenters. The molecule has 3 heterocycles. The molecule has 0 bridgehead atoms. The molecule has 0 saturated carbocycles. The lowest BCUT2D eigenvalue weighted by Crippen LogP contribution is -2.42. The van der Waals surface area contributed by atoms with Crippen molar-refractivity contribution in [1.82, 2.24) is 19.8 Å². The fraction of sp³-hybridized carbons (Fsp3) is 0.478. The molecular weight excluding hydrogens is 394 g/mol. The third kappa shape index (κ3) is 4.62. The van der Waals surface area contributed by atoms with Crippen LogP contribution in [0.2, 0.25) is 0 Å². The molecule has 2 aromatic rings. The summed E-state index contributed by atoms with van der Waals surface area (Å²) < 4.78 is 5.69. The maximum absolute atomic E-state index is 13.0. The predicted octanol–water partition coefficient (Wildman–Crippen LogP) is 2.56. The molecule has 0 spiro atoms. The summed E-state index contributed by atoms with van der Waals surface area (Å²) >= 11 is 0. The average molecular weight is 424 g/mol. The molecule has 4 rings (SSSR count). The molecule has 31 heavy (non-hydrogen) atoms. The Balaban J connectivity index is 1.55. The number of amides is 2. The number of hydrogen-bond donors (Lipinski definition) is 1. The Kier molecular flexibility index (Phi) is 6.34. The van der Waals surface area contributed by atoms with Crippen LogP contribution in [0.3, 0.4) is 0 Å². The van der Waals surface area contributed by atoms with Gasteiger partial charge in [-0.25, -0.2) is 9.97 Å². The molecule has 1 saturated heterocycles. The highest BCUT2D eigenvalue weighted by molar-refractivity contribution is 5.78. The number of rotatable bonds is 5. The van der Waals surface area contributed by atoms with Crippen LogP contribution in [-0.4, -0.2) is 58.3 Å². The minimum Gasteiger partial charge on any atom is -0.484 e. The quantitative estimate of drug-likeness (QED) is 0.795. The number of anilines is 1. The van der Waals surface area contributed by atoms with Gasteiger partial charge in [0.1, 0.15) is 11.6 Å². The van der Waals surface area contributed by atoms with Crippen LogP contribution in [0.15, 0.2) is 30.3 Å². The van der Waals surface area contributed by atoms with Gasteiger partial charge in [0.25, 0.3) is 5.91 Å². The van der Waals surface area contributed by atoms with E-state index in [0.29, 0.717) is 37.6 Å². The van der Waals surface area contributed by atoms with Crippen molar-refractivity contribution in [3.63, 3.8) is 0 Å². The molecule has 1 fully saturated rings. The van der Waals surface area contributed by atoms with Gasteiger partial charge in [-0.3, -0.25) is 9.59 Å². The molecule has 1 aromatic heterocycles. The largest absolute Gasteiger partial charge is 0.484 e. The molecule has 2 amide bonds. The van der Waals surface area contributed by atoms with E-state index in [9.17, 15) is 9.59 Å². The first-order valence-electron chi connectivity index (χ1n) is 10.9. The SMILES string of the molecule is CNc1nc(C2CCCCN2C(=O)COc2ccccc2)nc2c1CN(C(C)=O)CC2. The summed E-state index contributed by atoms with van der Waals surface area (Å²) in [6, 6.07) is 9.21. The van der Waals surface area contributed by atoms with E-state index in [1.165, 1.54) is 0 Å². The first-order valence-corrected chi connectivity index (χ1v) is 10.9. The summed E-state index contributed by atoms with van der Waals surface area (Å²) in [7, 11) is 1.83. The number of ether oxygens (including phenoxy) is 1. The van der Waals surface area contributed by atoms with Crippen molar-refractivity contribution < 1.29 is 14.3 Å². The highest BCUT2D eigenvalue weighted by Crippen LogP contribution is 2.32. The zero-order valence-corrected chi connectivity index (χ0v) is 18.1. The molecule has 8 heteroatoms. The lowest BCUT2D eigenvalue weighted by Gasteiger charge is -2.36. The van der Waals surface area contributed by atoms with Gasteiger partial charge in [0.2, 0.25) is 5.91 Å². The predicted molar refractivity (Wildman–Crippen MR) is 117 cm³/mol. The van der Waals surface area contributed by atoms with Crippen molar-refractivity contribution in [2.45, 2.75) is 45.2 Å².